The van der Waals surface area contributed by atoms with E-state index in [9.17, 15) is 4.79 Å². The fourth-order valence-electron chi connectivity index (χ4n) is 2.89. The number of hydrogen-bond donors (Lipinski definition) is 2. The van der Waals surface area contributed by atoms with Crippen molar-refractivity contribution >= 4 is 22.5 Å². The molecule has 2 heterocycles. The summed E-state index contributed by atoms with van der Waals surface area (Å²) in [5.41, 5.74) is 0. The molecule has 0 bridgehead atoms. The van der Waals surface area contributed by atoms with Crippen LogP contribution < -0.4 is 10.6 Å². The summed E-state index contributed by atoms with van der Waals surface area (Å²) >= 11 is 1.49. The van der Waals surface area contributed by atoms with Crippen molar-refractivity contribution in [1.82, 2.24) is 25.3 Å². The lowest BCUT2D eigenvalue weighted by Gasteiger charge is -2.18. The smallest absolute Gasteiger partial charge is 0.321 e. The SMILES string of the molecule is C[C@H](Cn1cccn1)NC(=O)Nc1nnc(C2CCCCC2)s1. The Kier molecular flexibility index (Phi) is 5.22. The van der Waals surface area contributed by atoms with Gasteiger partial charge in [0.05, 0.1) is 6.54 Å². The van der Waals surface area contributed by atoms with Crippen LogP contribution in [0, 0.1) is 0 Å². The van der Waals surface area contributed by atoms with Crippen molar-refractivity contribution in [2.24, 2.45) is 0 Å². The molecule has 23 heavy (non-hydrogen) atoms. The highest BCUT2D eigenvalue weighted by atomic mass is 32.1. The van der Waals surface area contributed by atoms with Gasteiger partial charge in [-0.25, -0.2) is 4.79 Å². The molecular weight excluding hydrogens is 312 g/mol. The molecule has 1 aliphatic carbocycles. The van der Waals surface area contributed by atoms with Gasteiger partial charge < -0.3 is 5.32 Å². The molecule has 1 saturated carbocycles. The molecule has 1 atom stereocenters. The number of anilines is 1. The summed E-state index contributed by atoms with van der Waals surface area (Å²) < 4.78 is 1.79. The monoisotopic (exact) mass is 334 g/mol. The predicted octanol–water partition coefficient (Wildman–Crippen LogP) is 2.99. The molecular formula is C15H22N6OS. The van der Waals surface area contributed by atoms with Crippen molar-refractivity contribution in [3.63, 3.8) is 0 Å². The Morgan fingerprint density at radius 2 is 2.22 bits per heavy atom. The molecule has 1 fully saturated rings. The quantitative estimate of drug-likeness (QED) is 0.880. The highest BCUT2D eigenvalue weighted by molar-refractivity contribution is 7.15. The van der Waals surface area contributed by atoms with E-state index in [0.717, 1.165) is 5.01 Å². The van der Waals surface area contributed by atoms with Gasteiger partial charge in [-0.3, -0.25) is 10.00 Å². The van der Waals surface area contributed by atoms with Crippen LogP contribution in [0.5, 0.6) is 0 Å². The van der Waals surface area contributed by atoms with Crippen molar-refractivity contribution in [2.45, 2.75) is 57.5 Å². The van der Waals surface area contributed by atoms with E-state index < -0.39 is 0 Å². The molecule has 0 unspecified atom stereocenters. The van der Waals surface area contributed by atoms with Gasteiger partial charge in [-0.1, -0.05) is 30.6 Å². The molecule has 0 saturated heterocycles. The summed E-state index contributed by atoms with van der Waals surface area (Å²) in [5, 5.41) is 19.7. The summed E-state index contributed by atoms with van der Waals surface area (Å²) in [7, 11) is 0. The van der Waals surface area contributed by atoms with Gasteiger partial charge in [-0.05, 0) is 25.8 Å². The van der Waals surface area contributed by atoms with Crippen molar-refractivity contribution in [1.29, 1.82) is 0 Å². The Balaban J connectivity index is 1.48. The predicted molar refractivity (Wildman–Crippen MR) is 89.6 cm³/mol. The van der Waals surface area contributed by atoms with Gasteiger partial charge in [0.25, 0.3) is 0 Å². The number of rotatable bonds is 5. The van der Waals surface area contributed by atoms with Crippen molar-refractivity contribution in [2.75, 3.05) is 5.32 Å². The van der Waals surface area contributed by atoms with E-state index in [0.29, 0.717) is 17.6 Å². The van der Waals surface area contributed by atoms with Crippen LogP contribution in [0.2, 0.25) is 0 Å². The highest BCUT2D eigenvalue weighted by Crippen LogP contribution is 2.35. The Morgan fingerprint density at radius 3 is 2.96 bits per heavy atom. The normalized spacial score (nSPS) is 16.9. The van der Waals surface area contributed by atoms with E-state index in [1.54, 1.807) is 10.9 Å². The number of carbonyl (C=O) groups excluding carboxylic acids is 1. The van der Waals surface area contributed by atoms with Crippen LogP contribution in [0.3, 0.4) is 0 Å². The van der Waals surface area contributed by atoms with Crippen molar-refractivity contribution in [3.8, 4) is 0 Å². The molecule has 2 amide bonds. The van der Waals surface area contributed by atoms with Gasteiger partial charge in [-0.2, -0.15) is 5.10 Å². The zero-order valence-electron chi connectivity index (χ0n) is 13.2. The summed E-state index contributed by atoms with van der Waals surface area (Å²) in [6.45, 7) is 2.57. The van der Waals surface area contributed by atoms with Crippen molar-refractivity contribution < 1.29 is 4.79 Å². The van der Waals surface area contributed by atoms with Crippen LogP contribution >= 0.6 is 11.3 Å². The topological polar surface area (TPSA) is 84.7 Å². The van der Waals surface area contributed by atoms with E-state index in [2.05, 4.69) is 25.9 Å². The largest absolute Gasteiger partial charge is 0.333 e. The molecule has 2 aromatic heterocycles. The third kappa shape index (κ3) is 4.51. The van der Waals surface area contributed by atoms with Crippen LogP contribution in [-0.2, 0) is 6.54 Å². The van der Waals surface area contributed by atoms with E-state index >= 15 is 0 Å². The lowest BCUT2D eigenvalue weighted by atomic mass is 9.90. The second kappa shape index (κ2) is 7.54. The Hall–Kier alpha value is -1.96. The zero-order chi connectivity index (χ0) is 16.1. The molecule has 0 radical (unpaired) electrons. The highest BCUT2D eigenvalue weighted by Gasteiger charge is 2.20. The van der Waals surface area contributed by atoms with Gasteiger partial charge in [0.15, 0.2) is 0 Å². The third-order valence-corrected chi connectivity index (χ3v) is 5.01. The van der Waals surface area contributed by atoms with E-state index in [4.69, 9.17) is 0 Å². The number of urea groups is 1. The minimum atomic E-state index is -0.254. The van der Waals surface area contributed by atoms with Gasteiger partial charge in [0, 0.05) is 24.4 Å². The van der Waals surface area contributed by atoms with Gasteiger partial charge >= 0.3 is 6.03 Å². The lowest BCUT2D eigenvalue weighted by molar-refractivity contribution is 0.247. The molecule has 0 aromatic carbocycles. The molecule has 2 N–H and O–H groups in total. The standard InChI is InChI=1S/C15H22N6OS/c1-11(10-21-9-5-8-16-21)17-14(22)18-15-20-19-13(23-15)12-6-3-2-4-7-12/h5,8-9,11-12H,2-4,6-7,10H2,1H3,(H2,17,18,20,22)/t11-/m1/s1. The number of carbonyl (C=O) groups is 1. The number of amides is 2. The van der Waals surface area contributed by atoms with Crippen LogP contribution in [0.15, 0.2) is 18.5 Å². The second-order valence-electron chi connectivity index (χ2n) is 6.01. The fraction of sp³-hybridized carbons (Fsp3) is 0.600. The van der Waals surface area contributed by atoms with Crippen LogP contribution in [0.25, 0.3) is 0 Å². The average molecular weight is 334 g/mol. The van der Waals surface area contributed by atoms with Gasteiger partial charge in [0.1, 0.15) is 5.01 Å². The first kappa shape index (κ1) is 15.9. The van der Waals surface area contributed by atoms with E-state index in [-0.39, 0.29) is 12.1 Å². The first-order valence-electron chi connectivity index (χ1n) is 8.09. The maximum absolute atomic E-state index is 12.0. The third-order valence-electron chi connectivity index (χ3n) is 4.01. The van der Waals surface area contributed by atoms with E-state index in [1.165, 1.54) is 43.4 Å². The maximum atomic E-state index is 12.0. The van der Waals surface area contributed by atoms with Crippen LogP contribution in [0.4, 0.5) is 9.93 Å². The lowest BCUT2D eigenvalue weighted by Crippen LogP contribution is -2.38. The number of aromatic nitrogens is 4. The molecule has 0 aliphatic heterocycles. The summed E-state index contributed by atoms with van der Waals surface area (Å²) in [4.78, 5) is 12.0. The molecule has 2 aromatic rings. The Labute approximate surface area is 139 Å². The first-order chi connectivity index (χ1) is 11.2. The molecule has 1 aliphatic rings. The average Bonchev–Trinajstić information content (AvgIpc) is 3.20. The summed E-state index contributed by atoms with van der Waals surface area (Å²) in [6, 6.07) is 1.58. The van der Waals surface area contributed by atoms with Crippen molar-refractivity contribution in [3.05, 3.63) is 23.5 Å². The molecule has 0 spiro atoms. The minimum Gasteiger partial charge on any atom is -0.333 e. The number of hydrogen-bond acceptors (Lipinski definition) is 5. The molecule has 7 nitrogen and oxygen atoms in total. The number of nitrogens with one attached hydrogen (secondary N) is 2. The Bertz CT molecular complexity index is 620. The molecule has 8 heteroatoms. The van der Waals surface area contributed by atoms with Crippen LogP contribution in [-0.4, -0.2) is 32.1 Å². The minimum absolute atomic E-state index is 0.0272. The maximum Gasteiger partial charge on any atom is 0.321 e. The first-order valence-corrected chi connectivity index (χ1v) is 8.90. The fourth-order valence-corrected chi connectivity index (χ4v) is 3.80. The molecule has 3 rings (SSSR count). The van der Waals surface area contributed by atoms with Gasteiger partial charge in [0.2, 0.25) is 5.13 Å². The zero-order valence-corrected chi connectivity index (χ0v) is 14.1. The van der Waals surface area contributed by atoms with E-state index in [1.807, 2.05) is 19.2 Å². The number of nitrogens with zero attached hydrogens (tertiary/aromatic N) is 4. The van der Waals surface area contributed by atoms with Gasteiger partial charge in [-0.15, -0.1) is 10.2 Å². The second-order valence-corrected chi connectivity index (χ2v) is 7.02. The summed E-state index contributed by atoms with van der Waals surface area (Å²) in [5.74, 6) is 0.513. The van der Waals surface area contributed by atoms with Crippen LogP contribution in [0.1, 0.15) is 50.0 Å². The Morgan fingerprint density at radius 1 is 1.39 bits per heavy atom. The summed E-state index contributed by atoms with van der Waals surface area (Å²) in [6.07, 6.45) is 9.80. The molecule has 124 valence electrons.